The average Bonchev–Trinajstić information content (AvgIpc) is 3.17. The van der Waals surface area contributed by atoms with Gasteiger partial charge in [-0.05, 0) is 47.9 Å². The monoisotopic (exact) mass is 684 g/mol. The van der Waals surface area contributed by atoms with E-state index in [1.807, 2.05) is 36.4 Å². The predicted molar refractivity (Wildman–Crippen MR) is 149 cm³/mol. The van der Waals surface area contributed by atoms with Crippen LogP contribution in [0.25, 0.3) is 44.2 Å². The number of aliphatic hydroxyl groups excluding tert-OH is 1. The molecule has 0 saturated heterocycles. The van der Waals surface area contributed by atoms with Crippen LogP contribution < -0.4 is 0 Å². The minimum Gasteiger partial charge on any atom is -0.512 e. The van der Waals surface area contributed by atoms with Gasteiger partial charge < -0.3 is 9.52 Å². The first kappa shape index (κ1) is 27.7. The van der Waals surface area contributed by atoms with Crippen molar-refractivity contribution in [2.45, 2.75) is 59.3 Å². The number of fused-ring (bicyclic) bond motifs is 3. The first-order valence-electron chi connectivity index (χ1n) is 12.5. The van der Waals surface area contributed by atoms with Gasteiger partial charge in [-0.15, -0.1) is 17.7 Å². The van der Waals surface area contributed by atoms with E-state index in [0.29, 0.717) is 0 Å². The SMILES string of the molecule is CC(=O)/C=C(/C)O.CC(C)(C)c1ccc2c3c1oc1cc[c-]c(c13)-c1nc3ccccc3nc1C2(C)C.[Ir]. The Morgan fingerprint density at radius 1 is 1.00 bits per heavy atom. The van der Waals surface area contributed by atoms with Gasteiger partial charge in [-0.2, -0.15) is 0 Å². The van der Waals surface area contributed by atoms with Crippen molar-refractivity contribution in [1.29, 1.82) is 0 Å². The van der Waals surface area contributed by atoms with Crippen LogP contribution in [0.1, 0.15) is 65.3 Å². The van der Waals surface area contributed by atoms with Crippen molar-refractivity contribution in [2.24, 2.45) is 0 Å². The van der Waals surface area contributed by atoms with Crippen LogP contribution in [0.2, 0.25) is 0 Å². The van der Waals surface area contributed by atoms with Crippen molar-refractivity contribution < 1.29 is 34.4 Å². The Kier molecular flexibility index (Phi) is 7.11. The number of carbonyl (C=O) groups excluding carboxylic acids is 1. The Balaban J connectivity index is 0.000000375. The molecule has 0 amide bonds. The number of ketones is 1. The van der Waals surface area contributed by atoms with E-state index < -0.39 is 0 Å². The van der Waals surface area contributed by atoms with Crippen molar-refractivity contribution in [3.05, 3.63) is 83.3 Å². The molecule has 1 aliphatic carbocycles. The molecule has 6 heteroatoms. The van der Waals surface area contributed by atoms with Gasteiger partial charge in [0.1, 0.15) is 5.58 Å². The molecule has 0 bridgehead atoms. The Morgan fingerprint density at radius 3 is 2.24 bits per heavy atom. The second kappa shape index (κ2) is 9.76. The van der Waals surface area contributed by atoms with Crippen molar-refractivity contribution in [3.8, 4) is 11.3 Å². The Bertz CT molecular complexity index is 1740. The van der Waals surface area contributed by atoms with Crippen LogP contribution in [0.4, 0.5) is 0 Å². The average molecular weight is 684 g/mol. The second-order valence-electron chi connectivity index (χ2n) is 11.2. The predicted octanol–water partition coefficient (Wildman–Crippen LogP) is 7.97. The molecule has 0 saturated carbocycles. The molecule has 5 nitrogen and oxygen atoms in total. The zero-order valence-corrected chi connectivity index (χ0v) is 25.1. The third-order valence-corrected chi connectivity index (χ3v) is 6.87. The summed E-state index contributed by atoms with van der Waals surface area (Å²) >= 11 is 0. The van der Waals surface area contributed by atoms with E-state index in [2.05, 4.69) is 52.8 Å². The minimum atomic E-state index is -0.329. The summed E-state index contributed by atoms with van der Waals surface area (Å²) in [5.41, 5.74) is 8.66. The van der Waals surface area contributed by atoms with E-state index >= 15 is 0 Å². The molecule has 3 aromatic carbocycles. The molecular weight excluding hydrogens is 653 g/mol. The molecule has 2 aromatic heterocycles. The molecular formula is C32H31IrN2O3-. The smallest absolute Gasteiger partial charge is 0.155 e. The Hall–Kier alpha value is -3.34. The van der Waals surface area contributed by atoms with Crippen LogP contribution in [0.15, 0.2) is 64.8 Å². The molecule has 0 fully saturated rings. The minimum absolute atomic E-state index is 0. The fourth-order valence-electron chi connectivity index (χ4n) is 5.19. The van der Waals surface area contributed by atoms with E-state index in [0.717, 1.165) is 44.5 Å². The van der Waals surface area contributed by atoms with E-state index in [4.69, 9.17) is 19.5 Å². The van der Waals surface area contributed by atoms with Crippen LogP contribution in [-0.2, 0) is 35.7 Å². The molecule has 5 aromatic rings. The quantitative estimate of drug-likeness (QED) is 0.110. The van der Waals surface area contributed by atoms with Gasteiger partial charge in [-0.25, -0.2) is 0 Å². The maximum absolute atomic E-state index is 10.0. The number of aliphatic hydroxyl groups is 1. The molecule has 2 heterocycles. The molecule has 6 rings (SSSR count). The summed E-state index contributed by atoms with van der Waals surface area (Å²) in [6.45, 7) is 14.0. The Labute approximate surface area is 236 Å². The molecule has 197 valence electrons. The van der Waals surface area contributed by atoms with E-state index in [-0.39, 0.29) is 42.5 Å². The number of allylic oxidation sites excluding steroid dienone is 2. The summed E-state index contributed by atoms with van der Waals surface area (Å²) in [6, 6.07) is 20.0. The van der Waals surface area contributed by atoms with Crippen LogP contribution in [0.3, 0.4) is 0 Å². The van der Waals surface area contributed by atoms with Gasteiger partial charge in [0.2, 0.25) is 0 Å². The first-order chi connectivity index (χ1) is 17.4. The molecule has 0 atom stereocenters. The fraction of sp³-hybridized carbons (Fsp3) is 0.281. The van der Waals surface area contributed by atoms with Gasteiger partial charge in [0.25, 0.3) is 0 Å². The van der Waals surface area contributed by atoms with Crippen molar-refractivity contribution in [2.75, 3.05) is 0 Å². The first-order valence-corrected chi connectivity index (χ1v) is 12.5. The third kappa shape index (κ3) is 4.57. The molecule has 1 N–H and O–H groups in total. The molecule has 0 aliphatic heterocycles. The number of para-hydroxylation sites is 2. The maximum Gasteiger partial charge on any atom is 0.155 e. The van der Waals surface area contributed by atoms with Crippen molar-refractivity contribution >= 4 is 38.8 Å². The number of benzene rings is 3. The summed E-state index contributed by atoms with van der Waals surface area (Å²) in [5.74, 6) is -0.0625. The van der Waals surface area contributed by atoms with Gasteiger partial charge in [-0.3, -0.25) is 14.8 Å². The fourth-order valence-corrected chi connectivity index (χ4v) is 5.19. The summed E-state index contributed by atoms with van der Waals surface area (Å²) in [7, 11) is 0. The van der Waals surface area contributed by atoms with Crippen LogP contribution in [-0.4, -0.2) is 20.9 Å². The van der Waals surface area contributed by atoms with Gasteiger partial charge in [0, 0.05) is 43.0 Å². The summed E-state index contributed by atoms with van der Waals surface area (Å²) < 4.78 is 6.49. The van der Waals surface area contributed by atoms with Gasteiger partial charge >= 0.3 is 0 Å². The molecule has 1 aliphatic rings. The molecule has 0 spiro atoms. The van der Waals surface area contributed by atoms with Gasteiger partial charge in [0.15, 0.2) is 5.78 Å². The maximum atomic E-state index is 10.0. The molecule has 1 radical (unpaired) electrons. The second-order valence-corrected chi connectivity index (χ2v) is 11.2. The normalized spacial score (nSPS) is 14.0. The number of carbonyl (C=O) groups is 1. The topological polar surface area (TPSA) is 76.2 Å². The van der Waals surface area contributed by atoms with E-state index in [1.165, 1.54) is 36.4 Å². The summed E-state index contributed by atoms with van der Waals surface area (Å²) in [4.78, 5) is 20.2. The summed E-state index contributed by atoms with van der Waals surface area (Å²) in [6.07, 6.45) is 1.17. The third-order valence-electron chi connectivity index (χ3n) is 6.87. The zero-order chi connectivity index (χ0) is 26.7. The van der Waals surface area contributed by atoms with Crippen LogP contribution in [0.5, 0.6) is 0 Å². The number of hydrogen-bond donors (Lipinski definition) is 1. The van der Waals surface area contributed by atoms with Gasteiger partial charge in [0.05, 0.1) is 22.4 Å². The molecule has 38 heavy (non-hydrogen) atoms. The number of hydrogen-bond acceptors (Lipinski definition) is 5. The van der Waals surface area contributed by atoms with Crippen molar-refractivity contribution in [3.63, 3.8) is 0 Å². The van der Waals surface area contributed by atoms with E-state index in [1.54, 1.807) is 0 Å². The standard InChI is InChI=1S/C27H23N2O.C5H8O2.Ir/c1-26(2,3)17-14-13-16-22-21-15(9-8-12-20(21)30-24(17)22)23-25(27(16,4)5)29-19-11-7-6-10-18(19)28-23;1-4(6)3-5(2)7;/h6-8,10-14H,1-5H3;3,6H,1-2H3;/q-1;;/b;4-3-;. The van der Waals surface area contributed by atoms with Crippen molar-refractivity contribution in [1.82, 2.24) is 9.97 Å². The Morgan fingerprint density at radius 2 is 1.66 bits per heavy atom. The summed E-state index contributed by atoms with van der Waals surface area (Å²) in [5, 5.41) is 10.6. The number of aromatic nitrogens is 2. The number of furan rings is 1. The molecule has 0 unspecified atom stereocenters. The zero-order valence-electron chi connectivity index (χ0n) is 22.7. The van der Waals surface area contributed by atoms with Crippen LogP contribution >= 0.6 is 0 Å². The number of nitrogens with zero attached hydrogens (tertiary/aromatic N) is 2. The van der Waals surface area contributed by atoms with E-state index in [9.17, 15) is 4.79 Å². The largest absolute Gasteiger partial charge is 0.512 e. The van der Waals surface area contributed by atoms with Gasteiger partial charge in [-0.1, -0.05) is 70.3 Å². The van der Waals surface area contributed by atoms with Crippen LogP contribution in [0, 0.1) is 6.07 Å². The number of rotatable bonds is 1.